The molecule has 0 spiro atoms. The first-order chi connectivity index (χ1) is 13.0. The van der Waals surface area contributed by atoms with Crippen LogP contribution in [0.25, 0.3) is 6.08 Å². The van der Waals surface area contributed by atoms with Crippen LogP contribution in [-0.2, 0) is 0 Å². The van der Waals surface area contributed by atoms with Crippen molar-refractivity contribution >= 4 is 29.4 Å². The third-order valence-electron chi connectivity index (χ3n) is 3.76. The second kappa shape index (κ2) is 8.43. The topological polar surface area (TPSA) is 43.4 Å². The molecular formula is C22H14ClFO3. The van der Waals surface area contributed by atoms with E-state index in [1.54, 1.807) is 42.5 Å². The van der Waals surface area contributed by atoms with Gasteiger partial charge in [0.25, 0.3) is 0 Å². The molecule has 0 saturated carbocycles. The van der Waals surface area contributed by atoms with Gasteiger partial charge in [-0.25, -0.2) is 9.18 Å². The van der Waals surface area contributed by atoms with Gasteiger partial charge in [-0.15, -0.1) is 0 Å². The SMILES string of the molecule is O=C(C=Cc1ccccc1F)c1ccc(OC(=O)c2ccccc2Cl)cc1. The third-order valence-corrected chi connectivity index (χ3v) is 4.09. The average Bonchev–Trinajstić information content (AvgIpc) is 2.68. The molecule has 0 N–H and O–H groups in total. The van der Waals surface area contributed by atoms with Crippen molar-refractivity contribution in [3.05, 3.63) is 106 Å². The molecule has 0 heterocycles. The van der Waals surface area contributed by atoms with Crippen LogP contribution < -0.4 is 4.74 Å². The van der Waals surface area contributed by atoms with Crippen LogP contribution in [0.5, 0.6) is 5.75 Å². The number of allylic oxidation sites excluding steroid dienone is 1. The normalized spacial score (nSPS) is 10.7. The Morgan fingerprint density at radius 2 is 1.56 bits per heavy atom. The number of carbonyl (C=O) groups excluding carboxylic acids is 2. The highest BCUT2D eigenvalue weighted by Crippen LogP contribution is 2.19. The molecular weight excluding hydrogens is 367 g/mol. The maximum atomic E-state index is 13.6. The van der Waals surface area contributed by atoms with Gasteiger partial charge < -0.3 is 4.74 Å². The van der Waals surface area contributed by atoms with Crippen molar-refractivity contribution < 1.29 is 18.7 Å². The van der Waals surface area contributed by atoms with Gasteiger partial charge in [0.15, 0.2) is 5.78 Å². The second-order valence-electron chi connectivity index (χ2n) is 5.61. The summed E-state index contributed by atoms with van der Waals surface area (Å²) in [6, 6.07) is 18.8. The number of ether oxygens (including phenoxy) is 1. The Morgan fingerprint density at radius 1 is 0.889 bits per heavy atom. The van der Waals surface area contributed by atoms with Crippen molar-refractivity contribution in [1.82, 2.24) is 0 Å². The molecule has 0 saturated heterocycles. The first kappa shape index (κ1) is 18.5. The molecule has 0 aromatic heterocycles. The number of carbonyl (C=O) groups is 2. The molecule has 0 atom stereocenters. The summed E-state index contributed by atoms with van der Waals surface area (Å²) in [4.78, 5) is 24.3. The predicted molar refractivity (Wildman–Crippen MR) is 103 cm³/mol. The van der Waals surface area contributed by atoms with E-state index in [2.05, 4.69) is 0 Å². The predicted octanol–water partition coefficient (Wildman–Crippen LogP) is 5.59. The molecule has 27 heavy (non-hydrogen) atoms. The maximum absolute atomic E-state index is 13.6. The number of hydrogen-bond acceptors (Lipinski definition) is 3. The molecule has 0 aliphatic carbocycles. The van der Waals surface area contributed by atoms with Gasteiger partial charge in [-0.3, -0.25) is 4.79 Å². The molecule has 0 aliphatic heterocycles. The van der Waals surface area contributed by atoms with Crippen LogP contribution in [0.3, 0.4) is 0 Å². The van der Waals surface area contributed by atoms with Crippen LogP contribution in [0.15, 0.2) is 78.9 Å². The van der Waals surface area contributed by atoms with Gasteiger partial charge in [-0.2, -0.15) is 0 Å². The summed E-state index contributed by atoms with van der Waals surface area (Å²) in [6.45, 7) is 0. The Morgan fingerprint density at radius 3 is 2.26 bits per heavy atom. The summed E-state index contributed by atoms with van der Waals surface area (Å²) >= 11 is 5.97. The second-order valence-corrected chi connectivity index (χ2v) is 6.02. The van der Waals surface area contributed by atoms with Crippen molar-refractivity contribution in [1.29, 1.82) is 0 Å². The summed E-state index contributed by atoms with van der Waals surface area (Å²) in [6.07, 6.45) is 2.71. The van der Waals surface area contributed by atoms with E-state index in [9.17, 15) is 14.0 Å². The Bertz CT molecular complexity index is 1010. The molecule has 3 nitrogen and oxygen atoms in total. The number of ketones is 1. The fraction of sp³-hybridized carbons (Fsp3) is 0. The molecule has 0 amide bonds. The summed E-state index contributed by atoms with van der Waals surface area (Å²) in [5.74, 6) is -0.987. The van der Waals surface area contributed by atoms with Crippen molar-refractivity contribution in [2.45, 2.75) is 0 Å². The lowest BCUT2D eigenvalue weighted by Crippen LogP contribution is -2.09. The summed E-state index contributed by atoms with van der Waals surface area (Å²) < 4.78 is 18.8. The third kappa shape index (κ3) is 4.68. The zero-order valence-corrected chi connectivity index (χ0v) is 14.8. The van der Waals surface area contributed by atoms with Crippen molar-refractivity contribution in [2.75, 3.05) is 0 Å². The molecule has 5 heteroatoms. The van der Waals surface area contributed by atoms with E-state index < -0.39 is 11.8 Å². The van der Waals surface area contributed by atoms with E-state index in [4.69, 9.17) is 16.3 Å². The largest absolute Gasteiger partial charge is 0.423 e. The lowest BCUT2D eigenvalue weighted by atomic mass is 10.1. The maximum Gasteiger partial charge on any atom is 0.345 e. The highest BCUT2D eigenvalue weighted by atomic mass is 35.5. The van der Waals surface area contributed by atoms with Gasteiger partial charge in [-0.1, -0.05) is 41.9 Å². The molecule has 3 aromatic carbocycles. The van der Waals surface area contributed by atoms with E-state index in [1.807, 2.05) is 0 Å². The number of benzene rings is 3. The lowest BCUT2D eigenvalue weighted by molar-refractivity contribution is 0.0735. The van der Waals surface area contributed by atoms with E-state index in [1.165, 1.54) is 42.5 Å². The molecule has 0 fully saturated rings. The number of halogens is 2. The average molecular weight is 381 g/mol. The van der Waals surface area contributed by atoms with Crippen LogP contribution >= 0.6 is 11.6 Å². The highest BCUT2D eigenvalue weighted by Gasteiger charge is 2.12. The van der Waals surface area contributed by atoms with Crippen LogP contribution in [0, 0.1) is 5.82 Å². The zero-order valence-electron chi connectivity index (χ0n) is 14.1. The van der Waals surface area contributed by atoms with E-state index in [-0.39, 0.29) is 17.1 Å². The molecule has 0 bridgehead atoms. The minimum absolute atomic E-state index is 0.257. The molecule has 3 aromatic rings. The Kier molecular flexibility index (Phi) is 5.79. The minimum atomic E-state index is -0.584. The first-order valence-corrected chi connectivity index (χ1v) is 8.46. The summed E-state index contributed by atoms with van der Waals surface area (Å²) in [5, 5.41) is 0.299. The number of hydrogen-bond donors (Lipinski definition) is 0. The fourth-order valence-electron chi connectivity index (χ4n) is 2.35. The van der Waals surface area contributed by atoms with E-state index in [0.29, 0.717) is 16.1 Å². The van der Waals surface area contributed by atoms with Crippen molar-refractivity contribution in [3.63, 3.8) is 0 Å². The van der Waals surface area contributed by atoms with Crippen LogP contribution in [-0.4, -0.2) is 11.8 Å². The zero-order chi connectivity index (χ0) is 19.2. The Balaban J connectivity index is 1.68. The summed E-state index contributed by atoms with van der Waals surface area (Å²) in [5.41, 5.74) is 0.975. The Hall–Kier alpha value is -3.24. The van der Waals surface area contributed by atoms with Gasteiger partial charge in [0.1, 0.15) is 11.6 Å². The van der Waals surface area contributed by atoms with Crippen LogP contribution in [0.4, 0.5) is 4.39 Å². The van der Waals surface area contributed by atoms with Gasteiger partial charge in [0, 0.05) is 11.1 Å². The van der Waals surface area contributed by atoms with Gasteiger partial charge >= 0.3 is 5.97 Å². The number of rotatable bonds is 5. The van der Waals surface area contributed by atoms with E-state index in [0.717, 1.165) is 0 Å². The summed E-state index contributed by atoms with van der Waals surface area (Å²) in [7, 11) is 0. The molecule has 134 valence electrons. The van der Waals surface area contributed by atoms with Gasteiger partial charge in [-0.05, 0) is 54.6 Å². The smallest absolute Gasteiger partial charge is 0.345 e. The van der Waals surface area contributed by atoms with Crippen LogP contribution in [0.2, 0.25) is 5.02 Å². The fourth-order valence-corrected chi connectivity index (χ4v) is 2.56. The first-order valence-electron chi connectivity index (χ1n) is 8.08. The van der Waals surface area contributed by atoms with Crippen LogP contribution in [0.1, 0.15) is 26.3 Å². The highest BCUT2D eigenvalue weighted by molar-refractivity contribution is 6.33. The van der Waals surface area contributed by atoms with Crippen molar-refractivity contribution in [3.8, 4) is 5.75 Å². The molecule has 0 aliphatic rings. The monoisotopic (exact) mass is 380 g/mol. The van der Waals surface area contributed by atoms with E-state index >= 15 is 0 Å². The molecule has 0 radical (unpaired) electrons. The number of esters is 1. The quantitative estimate of drug-likeness (QED) is 0.250. The standard InChI is InChI=1S/C22H14ClFO3/c23-19-7-3-2-6-18(19)22(26)27-17-12-9-16(10-13-17)21(25)14-11-15-5-1-4-8-20(15)24/h1-14H. The van der Waals surface area contributed by atoms with Gasteiger partial charge in [0.2, 0.25) is 0 Å². The molecule has 0 unspecified atom stereocenters. The van der Waals surface area contributed by atoms with Crippen molar-refractivity contribution in [2.24, 2.45) is 0 Å². The van der Waals surface area contributed by atoms with Gasteiger partial charge in [0.05, 0.1) is 10.6 Å². The Labute approximate surface area is 160 Å². The minimum Gasteiger partial charge on any atom is -0.423 e. The lowest BCUT2D eigenvalue weighted by Gasteiger charge is -2.06. The molecule has 3 rings (SSSR count).